The van der Waals surface area contributed by atoms with Crippen molar-refractivity contribution in [1.82, 2.24) is 10.2 Å². The van der Waals surface area contributed by atoms with Crippen LogP contribution in [0.15, 0.2) is 36.5 Å². The number of H-pyrrole nitrogens is 1. The highest BCUT2D eigenvalue weighted by Gasteiger charge is 2.09. The molecule has 1 heterocycles. The number of aromatic nitrogens is 2. The molecule has 2 rings (SSSR count). The third-order valence-electron chi connectivity index (χ3n) is 2.73. The molecular formula is C14H15N3O2. The predicted molar refractivity (Wildman–Crippen MR) is 72.0 cm³/mol. The summed E-state index contributed by atoms with van der Waals surface area (Å²) in [5, 5.41) is 8.97. The van der Waals surface area contributed by atoms with Crippen LogP contribution in [0.3, 0.4) is 0 Å². The topological polar surface area (TPSA) is 74.8 Å². The van der Waals surface area contributed by atoms with Crippen molar-refractivity contribution in [2.75, 3.05) is 5.32 Å². The smallest absolute Gasteiger partial charge is 0.225 e. The molecule has 2 N–H and O–H groups in total. The van der Waals surface area contributed by atoms with E-state index in [1.165, 1.54) is 0 Å². The Bertz CT molecular complexity index is 559. The highest BCUT2D eigenvalue weighted by atomic mass is 16.2. The molecule has 0 saturated heterocycles. The number of aromatic amines is 1. The number of nitrogens with zero attached hydrogens (tertiary/aromatic N) is 1. The van der Waals surface area contributed by atoms with E-state index < -0.39 is 0 Å². The highest BCUT2D eigenvalue weighted by Crippen LogP contribution is 2.08. The van der Waals surface area contributed by atoms with E-state index in [4.69, 9.17) is 0 Å². The molecule has 0 atom stereocenters. The van der Waals surface area contributed by atoms with Gasteiger partial charge in [0, 0.05) is 24.5 Å². The summed E-state index contributed by atoms with van der Waals surface area (Å²) in [5.41, 5.74) is 1.74. The maximum absolute atomic E-state index is 11.9. The molecule has 0 radical (unpaired) electrons. The van der Waals surface area contributed by atoms with Crippen molar-refractivity contribution in [2.45, 2.75) is 19.8 Å². The SMILES string of the molecule is Cc1ccc(C(=O)CCC(=O)Nc2ccn[nH]2)cc1. The summed E-state index contributed by atoms with van der Waals surface area (Å²) in [5.74, 6) is 0.303. The van der Waals surface area contributed by atoms with E-state index in [1.807, 2.05) is 19.1 Å². The number of anilines is 1. The van der Waals surface area contributed by atoms with Gasteiger partial charge >= 0.3 is 0 Å². The Morgan fingerprint density at radius 1 is 1.16 bits per heavy atom. The molecule has 98 valence electrons. The molecule has 0 aliphatic rings. The van der Waals surface area contributed by atoms with Crippen molar-refractivity contribution in [3.8, 4) is 0 Å². The second-order valence-electron chi connectivity index (χ2n) is 4.31. The quantitative estimate of drug-likeness (QED) is 0.807. The zero-order valence-corrected chi connectivity index (χ0v) is 10.6. The molecule has 19 heavy (non-hydrogen) atoms. The van der Waals surface area contributed by atoms with Gasteiger partial charge in [-0.1, -0.05) is 29.8 Å². The van der Waals surface area contributed by atoms with Crippen molar-refractivity contribution in [3.63, 3.8) is 0 Å². The molecular weight excluding hydrogens is 242 g/mol. The molecule has 0 bridgehead atoms. The number of amides is 1. The van der Waals surface area contributed by atoms with Crippen LogP contribution in [0.5, 0.6) is 0 Å². The molecule has 1 amide bonds. The van der Waals surface area contributed by atoms with Gasteiger partial charge in [0.2, 0.25) is 5.91 Å². The molecule has 0 unspecified atom stereocenters. The molecule has 1 aromatic heterocycles. The van der Waals surface area contributed by atoms with Gasteiger partial charge in [-0.2, -0.15) is 5.10 Å². The average molecular weight is 257 g/mol. The van der Waals surface area contributed by atoms with Gasteiger partial charge in [0.25, 0.3) is 0 Å². The molecule has 0 saturated carbocycles. The standard InChI is InChI=1S/C14H15N3O2/c1-10-2-4-11(5-3-10)12(18)6-7-14(19)16-13-8-9-15-17-13/h2-5,8-9H,6-7H2,1H3,(H2,15,16,17,19). The number of Topliss-reactive ketones (excluding diaryl/α,β-unsaturated/α-hetero) is 1. The first kappa shape index (κ1) is 13.0. The maximum Gasteiger partial charge on any atom is 0.225 e. The van der Waals surface area contributed by atoms with E-state index in [-0.39, 0.29) is 24.5 Å². The Morgan fingerprint density at radius 3 is 2.53 bits per heavy atom. The lowest BCUT2D eigenvalue weighted by Gasteiger charge is -2.03. The Morgan fingerprint density at radius 2 is 1.89 bits per heavy atom. The van der Waals surface area contributed by atoms with E-state index in [1.54, 1.807) is 24.4 Å². The summed E-state index contributed by atoms with van der Waals surface area (Å²) in [6, 6.07) is 8.99. The van der Waals surface area contributed by atoms with Crippen molar-refractivity contribution < 1.29 is 9.59 Å². The lowest BCUT2D eigenvalue weighted by Crippen LogP contribution is -2.13. The summed E-state index contributed by atoms with van der Waals surface area (Å²) in [7, 11) is 0. The van der Waals surface area contributed by atoms with Crippen LogP contribution in [0.25, 0.3) is 0 Å². The number of hydrogen-bond acceptors (Lipinski definition) is 3. The zero-order chi connectivity index (χ0) is 13.7. The first-order chi connectivity index (χ1) is 9.15. The van der Waals surface area contributed by atoms with Gasteiger partial charge in [-0.25, -0.2) is 0 Å². The molecule has 5 heteroatoms. The van der Waals surface area contributed by atoms with Crippen LogP contribution in [0.4, 0.5) is 5.82 Å². The fourth-order valence-corrected chi connectivity index (χ4v) is 1.65. The molecule has 2 aromatic rings. The third kappa shape index (κ3) is 3.77. The number of rotatable bonds is 5. The largest absolute Gasteiger partial charge is 0.311 e. The van der Waals surface area contributed by atoms with Gasteiger partial charge in [-0.15, -0.1) is 0 Å². The van der Waals surface area contributed by atoms with Crippen molar-refractivity contribution in [2.24, 2.45) is 0 Å². The lowest BCUT2D eigenvalue weighted by molar-refractivity contribution is -0.116. The molecule has 0 aliphatic carbocycles. The second kappa shape index (κ2) is 5.95. The average Bonchev–Trinajstić information content (AvgIpc) is 2.89. The number of carbonyl (C=O) groups is 2. The lowest BCUT2D eigenvalue weighted by atomic mass is 10.1. The summed E-state index contributed by atoms with van der Waals surface area (Å²) in [6.45, 7) is 1.96. The second-order valence-corrected chi connectivity index (χ2v) is 4.31. The maximum atomic E-state index is 11.9. The van der Waals surface area contributed by atoms with Crippen molar-refractivity contribution >= 4 is 17.5 Å². The van der Waals surface area contributed by atoms with Gasteiger partial charge in [0.05, 0.1) is 6.20 Å². The first-order valence-corrected chi connectivity index (χ1v) is 6.04. The Labute approximate surface area is 111 Å². The molecule has 1 aromatic carbocycles. The van der Waals surface area contributed by atoms with E-state index >= 15 is 0 Å². The summed E-state index contributed by atoms with van der Waals surface area (Å²) in [6.07, 6.45) is 1.90. The van der Waals surface area contributed by atoms with Gasteiger partial charge in [-0.05, 0) is 6.92 Å². The van der Waals surface area contributed by atoms with E-state index in [2.05, 4.69) is 15.5 Å². The van der Waals surface area contributed by atoms with Crippen LogP contribution in [0.2, 0.25) is 0 Å². The van der Waals surface area contributed by atoms with Crippen LogP contribution < -0.4 is 5.32 Å². The van der Waals surface area contributed by atoms with Crippen LogP contribution >= 0.6 is 0 Å². The van der Waals surface area contributed by atoms with Crippen LogP contribution in [-0.4, -0.2) is 21.9 Å². The normalized spacial score (nSPS) is 10.2. The predicted octanol–water partition coefficient (Wildman–Crippen LogP) is 2.32. The van der Waals surface area contributed by atoms with Gasteiger partial charge in [0.1, 0.15) is 5.82 Å². The minimum atomic E-state index is -0.204. The summed E-state index contributed by atoms with van der Waals surface area (Å²) < 4.78 is 0. The number of hydrogen-bond donors (Lipinski definition) is 2. The highest BCUT2D eigenvalue weighted by molar-refractivity contribution is 5.99. The minimum Gasteiger partial charge on any atom is -0.311 e. The zero-order valence-electron chi connectivity index (χ0n) is 10.6. The van der Waals surface area contributed by atoms with Crippen LogP contribution in [0.1, 0.15) is 28.8 Å². The molecule has 0 fully saturated rings. The number of carbonyl (C=O) groups excluding carboxylic acids is 2. The fourth-order valence-electron chi connectivity index (χ4n) is 1.65. The molecule has 0 aliphatic heterocycles. The first-order valence-electron chi connectivity index (χ1n) is 6.04. The van der Waals surface area contributed by atoms with E-state index in [9.17, 15) is 9.59 Å². The van der Waals surface area contributed by atoms with Crippen LogP contribution in [0, 0.1) is 6.92 Å². The number of benzene rings is 1. The minimum absolute atomic E-state index is 0.0280. The Hall–Kier alpha value is -2.43. The monoisotopic (exact) mass is 257 g/mol. The third-order valence-corrected chi connectivity index (χ3v) is 2.73. The van der Waals surface area contributed by atoms with Crippen LogP contribution in [-0.2, 0) is 4.79 Å². The molecule has 5 nitrogen and oxygen atoms in total. The van der Waals surface area contributed by atoms with Gasteiger partial charge < -0.3 is 5.32 Å². The summed E-state index contributed by atoms with van der Waals surface area (Å²) in [4.78, 5) is 23.5. The number of ketones is 1. The Balaban J connectivity index is 1.83. The van der Waals surface area contributed by atoms with E-state index in [0.29, 0.717) is 11.4 Å². The van der Waals surface area contributed by atoms with Gasteiger partial charge in [-0.3, -0.25) is 14.7 Å². The van der Waals surface area contributed by atoms with Gasteiger partial charge in [0.15, 0.2) is 5.78 Å². The summed E-state index contributed by atoms with van der Waals surface area (Å²) >= 11 is 0. The van der Waals surface area contributed by atoms with Crippen molar-refractivity contribution in [3.05, 3.63) is 47.7 Å². The Kier molecular flexibility index (Phi) is 4.07. The number of nitrogens with one attached hydrogen (secondary N) is 2. The number of aryl methyl sites for hydroxylation is 1. The molecule has 0 spiro atoms. The van der Waals surface area contributed by atoms with E-state index in [0.717, 1.165) is 5.56 Å². The van der Waals surface area contributed by atoms with Crippen molar-refractivity contribution in [1.29, 1.82) is 0 Å². The fraction of sp³-hybridized carbons (Fsp3) is 0.214.